The number of aryl methyl sites for hydroxylation is 2. The van der Waals surface area contributed by atoms with E-state index in [2.05, 4.69) is 10.4 Å². The summed E-state index contributed by atoms with van der Waals surface area (Å²) < 4.78 is 1.88. The molecule has 1 saturated heterocycles. The number of carbonyl (C=O) groups excluding carboxylic acids is 2. The maximum atomic E-state index is 12.4. The molecule has 0 unspecified atom stereocenters. The summed E-state index contributed by atoms with van der Waals surface area (Å²) in [5.74, 6) is -0.393. The first-order chi connectivity index (χ1) is 11.6. The lowest BCUT2D eigenvalue weighted by atomic mass is 10.1. The first-order valence-electron chi connectivity index (χ1n) is 8.25. The molecule has 1 fully saturated rings. The second kappa shape index (κ2) is 6.86. The van der Waals surface area contributed by atoms with Gasteiger partial charge in [0.05, 0.1) is 23.9 Å². The molecule has 1 aliphatic heterocycles. The first-order valence-corrected chi connectivity index (χ1v) is 8.25. The number of carbonyl (C=O) groups is 2. The molecule has 3 rings (SSSR count). The van der Waals surface area contributed by atoms with Crippen molar-refractivity contribution in [2.45, 2.75) is 33.4 Å². The van der Waals surface area contributed by atoms with E-state index in [9.17, 15) is 9.59 Å². The number of hydrogen-bond donors (Lipinski definition) is 1. The lowest BCUT2D eigenvalue weighted by Gasteiger charge is -2.16. The van der Waals surface area contributed by atoms with Crippen LogP contribution in [0, 0.1) is 12.8 Å². The quantitative estimate of drug-likeness (QED) is 0.912. The van der Waals surface area contributed by atoms with Crippen LogP contribution in [0.25, 0.3) is 0 Å². The van der Waals surface area contributed by atoms with Gasteiger partial charge in [-0.3, -0.25) is 14.3 Å². The first kappa shape index (κ1) is 16.2. The van der Waals surface area contributed by atoms with Gasteiger partial charge in [0.2, 0.25) is 11.8 Å². The summed E-state index contributed by atoms with van der Waals surface area (Å²) in [6, 6.07) is 11.4. The van der Waals surface area contributed by atoms with E-state index in [4.69, 9.17) is 0 Å². The number of nitrogens with one attached hydrogen (secondary N) is 1. The van der Waals surface area contributed by atoms with Crippen LogP contribution in [0.1, 0.15) is 24.7 Å². The number of nitrogens with zero attached hydrogens (tertiary/aromatic N) is 3. The molecule has 0 aliphatic carbocycles. The van der Waals surface area contributed by atoms with Gasteiger partial charge in [-0.1, -0.05) is 18.2 Å². The van der Waals surface area contributed by atoms with E-state index in [1.807, 2.05) is 54.9 Å². The summed E-state index contributed by atoms with van der Waals surface area (Å²) in [6.07, 6.45) is 0.257. The predicted molar refractivity (Wildman–Crippen MR) is 91.4 cm³/mol. The molecule has 2 amide bonds. The third-order valence-corrected chi connectivity index (χ3v) is 4.29. The largest absolute Gasteiger partial charge is 0.350 e. The van der Waals surface area contributed by atoms with E-state index >= 15 is 0 Å². The lowest BCUT2D eigenvalue weighted by Crippen LogP contribution is -2.33. The second-order valence-electron chi connectivity index (χ2n) is 6.05. The Hall–Kier alpha value is -2.63. The molecule has 0 bridgehead atoms. The Kier molecular flexibility index (Phi) is 4.64. The summed E-state index contributed by atoms with van der Waals surface area (Å²) in [5, 5.41) is 7.31. The molecule has 2 heterocycles. The van der Waals surface area contributed by atoms with Gasteiger partial charge in [0, 0.05) is 25.2 Å². The third kappa shape index (κ3) is 3.32. The third-order valence-electron chi connectivity index (χ3n) is 4.29. The summed E-state index contributed by atoms with van der Waals surface area (Å²) in [4.78, 5) is 26.3. The van der Waals surface area contributed by atoms with Crippen LogP contribution in [-0.2, 0) is 22.7 Å². The molecule has 1 aromatic heterocycles. The van der Waals surface area contributed by atoms with Crippen LogP contribution >= 0.6 is 0 Å². The molecular weight excluding hydrogens is 304 g/mol. The second-order valence-corrected chi connectivity index (χ2v) is 6.05. The highest BCUT2D eigenvalue weighted by Crippen LogP contribution is 2.24. The molecule has 0 saturated carbocycles. The van der Waals surface area contributed by atoms with Gasteiger partial charge in [0.15, 0.2) is 0 Å². The molecule has 1 aliphatic rings. The van der Waals surface area contributed by atoms with Crippen molar-refractivity contribution in [1.82, 2.24) is 15.1 Å². The van der Waals surface area contributed by atoms with Crippen LogP contribution in [0.5, 0.6) is 0 Å². The minimum absolute atomic E-state index is 0.00389. The molecule has 2 aromatic rings. The van der Waals surface area contributed by atoms with Crippen molar-refractivity contribution in [2.75, 3.05) is 11.4 Å². The molecule has 6 heteroatoms. The smallest absolute Gasteiger partial charge is 0.227 e. The average molecular weight is 326 g/mol. The van der Waals surface area contributed by atoms with Crippen LogP contribution in [0.2, 0.25) is 0 Å². The maximum Gasteiger partial charge on any atom is 0.227 e. The molecule has 24 heavy (non-hydrogen) atoms. The van der Waals surface area contributed by atoms with Gasteiger partial charge in [-0.15, -0.1) is 0 Å². The monoisotopic (exact) mass is 326 g/mol. The van der Waals surface area contributed by atoms with E-state index in [0.717, 1.165) is 23.6 Å². The zero-order chi connectivity index (χ0) is 17.1. The number of aromatic nitrogens is 2. The Balaban J connectivity index is 1.61. The van der Waals surface area contributed by atoms with E-state index in [1.54, 1.807) is 4.90 Å². The molecule has 1 aromatic carbocycles. The Morgan fingerprint density at radius 2 is 2.08 bits per heavy atom. The van der Waals surface area contributed by atoms with Crippen molar-refractivity contribution in [3.8, 4) is 0 Å². The Labute approximate surface area is 141 Å². The highest BCUT2D eigenvalue weighted by atomic mass is 16.2. The number of benzene rings is 1. The molecule has 1 atom stereocenters. The van der Waals surface area contributed by atoms with Crippen molar-refractivity contribution in [1.29, 1.82) is 0 Å². The van der Waals surface area contributed by atoms with Crippen LogP contribution < -0.4 is 10.2 Å². The number of amides is 2. The maximum absolute atomic E-state index is 12.4. The van der Waals surface area contributed by atoms with Gasteiger partial charge >= 0.3 is 0 Å². The van der Waals surface area contributed by atoms with Gasteiger partial charge in [-0.25, -0.2) is 0 Å². The van der Waals surface area contributed by atoms with E-state index in [-0.39, 0.29) is 24.2 Å². The number of rotatable bonds is 5. The molecule has 126 valence electrons. The van der Waals surface area contributed by atoms with Gasteiger partial charge in [0.1, 0.15) is 0 Å². The number of para-hydroxylation sites is 1. The summed E-state index contributed by atoms with van der Waals surface area (Å²) in [6.45, 7) is 5.59. The highest BCUT2D eigenvalue weighted by molar-refractivity contribution is 6.00. The molecule has 0 spiro atoms. The van der Waals surface area contributed by atoms with Crippen LogP contribution in [0.3, 0.4) is 0 Å². The van der Waals surface area contributed by atoms with Gasteiger partial charge in [-0.2, -0.15) is 5.10 Å². The van der Waals surface area contributed by atoms with Crippen molar-refractivity contribution >= 4 is 17.5 Å². The normalized spacial score (nSPS) is 17.3. The molecular formula is C18H22N4O2. The van der Waals surface area contributed by atoms with E-state index < -0.39 is 0 Å². The fourth-order valence-corrected chi connectivity index (χ4v) is 3.08. The highest BCUT2D eigenvalue weighted by Gasteiger charge is 2.34. The SMILES string of the molecule is CCn1nc(C)cc1CNC(=O)[C@H]1CC(=O)N(c2ccccc2)C1. The lowest BCUT2D eigenvalue weighted by molar-refractivity contribution is -0.126. The Morgan fingerprint density at radius 1 is 1.33 bits per heavy atom. The van der Waals surface area contributed by atoms with Crippen LogP contribution in [-0.4, -0.2) is 28.1 Å². The van der Waals surface area contributed by atoms with Crippen molar-refractivity contribution in [3.05, 3.63) is 47.8 Å². The minimum Gasteiger partial charge on any atom is -0.350 e. The topological polar surface area (TPSA) is 67.2 Å². The van der Waals surface area contributed by atoms with E-state index in [0.29, 0.717) is 13.1 Å². The molecule has 0 radical (unpaired) electrons. The predicted octanol–water partition coefficient (Wildman–Crippen LogP) is 1.88. The van der Waals surface area contributed by atoms with Gasteiger partial charge in [0.25, 0.3) is 0 Å². The van der Waals surface area contributed by atoms with Crippen molar-refractivity contribution < 1.29 is 9.59 Å². The standard InChI is InChI=1S/C18H22N4O2/c1-3-22-16(9-13(2)20-22)11-19-18(24)14-10-17(23)21(12-14)15-7-5-4-6-8-15/h4-9,14H,3,10-12H2,1-2H3,(H,19,24)/t14-/m0/s1. The van der Waals surface area contributed by atoms with Crippen LogP contribution in [0.15, 0.2) is 36.4 Å². The number of hydrogen-bond acceptors (Lipinski definition) is 3. The molecule has 1 N–H and O–H groups in total. The summed E-state index contributed by atoms with van der Waals surface area (Å²) in [5.41, 5.74) is 2.76. The zero-order valence-corrected chi connectivity index (χ0v) is 14.0. The van der Waals surface area contributed by atoms with Crippen molar-refractivity contribution in [3.63, 3.8) is 0 Å². The molecule has 6 nitrogen and oxygen atoms in total. The fourth-order valence-electron chi connectivity index (χ4n) is 3.08. The van der Waals surface area contributed by atoms with Gasteiger partial charge < -0.3 is 10.2 Å². The zero-order valence-electron chi connectivity index (χ0n) is 14.0. The summed E-state index contributed by atoms with van der Waals surface area (Å²) >= 11 is 0. The van der Waals surface area contributed by atoms with E-state index in [1.165, 1.54) is 0 Å². The minimum atomic E-state index is -0.309. The van der Waals surface area contributed by atoms with Crippen molar-refractivity contribution in [2.24, 2.45) is 5.92 Å². The Bertz CT molecular complexity index is 739. The summed E-state index contributed by atoms with van der Waals surface area (Å²) in [7, 11) is 0. The fraction of sp³-hybridized carbons (Fsp3) is 0.389. The average Bonchev–Trinajstić information content (AvgIpc) is 3.16. The Morgan fingerprint density at radius 3 is 2.79 bits per heavy atom. The number of anilines is 1. The van der Waals surface area contributed by atoms with Crippen LogP contribution in [0.4, 0.5) is 5.69 Å². The van der Waals surface area contributed by atoms with Gasteiger partial charge in [-0.05, 0) is 32.0 Å².